The van der Waals surface area contributed by atoms with Gasteiger partial charge < -0.3 is 15.9 Å². The van der Waals surface area contributed by atoms with Crippen LogP contribution in [0.5, 0.6) is 0 Å². The third-order valence-electron chi connectivity index (χ3n) is 1.79. The Morgan fingerprint density at radius 1 is 1.25 bits per heavy atom. The van der Waals surface area contributed by atoms with E-state index in [2.05, 4.69) is 0 Å². The first-order valence-corrected chi connectivity index (χ1v) is 3.85. The SMILES string of the molecule is NC(c1ccccc1)C(O)CO. The van der Waals surface area contributed by atoms with Gasteiger partial charge in [-0.3, -0.25) is 0 Å². The van der Waals surface area contributed by atoms with E-state index in [0.717, 1.165) is 5.56 Å². The molecule has 66 valence electrons. The number of hydrogen-bond acceptors (Lipinski definition) is 3. The number of nitrogens with two attached hydrogens (primary N) is 1. The van der Waals surface area contributed by atoms with Crippen LogP contribution in [-0.4, -0.2) is 22.9 Å². The Balaban J connectivity index is 2.71. The first-order chi connectivity index (χ1) is 5.75. The lowest BCUT2D eigenvalue weighted by molar-refractivity contribution is 0.0741. The summed E-state index contributed by atoms with van der Waals surface area (Å²) < 4.78 is 0. The normalized spacial score (nSPS) is 15.6. The van der Waals surface area contributed by atoms with Crippen molar-refractivity contribution < 1.29 is 10.2 Å². The maximum Gasteiger partial charge on any atom is 0.0962 e. The molecule has 0 saturated heterocycles. The highest BCUT2D eigenvalue weighted by Gasteiger charge is 2.14. The standard InChI is InChI=1S/C9H13NO2/c10-9(8(12)6-11)7-4-2-1-3-5-7/h1-5,8-9,11-12H,6,10H2. The van der Waals surface area contributed by atoms with Gasteiger partial charge in [0.25, 0.3) is 0 Å². The van der Waals surface area contributed by atoms with Crippen LogP contribution in [0.25, 0.3) is 0 Å². The van der Waals surface area contributed by atoms with Gasteiger partial charge in [-0.15, -0.1) is 0 Å². The third-order valence-corrected chi connectivity index (χ3v) is 1.79. The summed E-state index contributed by atoms with van der Waals surface area (Å²) in [5.74, 6) is 0. The van der Waals surface area contributed by atoms with Gasteiger partial charge in [-0.05, 0) is 5.56 Å². The predicted octanol–water partition coefficient (Wildman–Crippen LogP) is 0.0396. The Bertz CT molecular complexity index is 225. The second-order valence-electron chi connectivity index (χ2n) is 2.69. The molecule has 1 rings (SSSR count). The molecular formula is C9H13NO2. The zero-order valence-electron chi connectivity index (χ0n) is 6.72. The molecule has 1 aromatic carbocycles. The smallest absolute Gasteiger partial charge is 0.0962 e. The minimum atomic E-state index is -0.882. The average Bonchev–Trinajstić information content (AvgIpc) is 2.17. The fourth-order valence-corrected chi connectivity index (χ4v) is 1.01. The van der Waals surface area contributed by atoms with Crippen LogP contribution < -0.4 is 5.73 Å². The zero-order valence-corrected chi connectivity index (χ0v) is 6.72. The van der Waals surface area contributed by atoms with Gasteiger partial charge in [0.15, 0.2) is 0 Å². The molecule has 0 saturated carbocycles. The molecule has 2 unspecified atom stereocenters. The number of benzene rings is 1. The van der Waals surface area contributed by atoms with E-state index in [-0.39, 0.29) is 6.61 Å². The van der Waals surface area contributed by atoms with Crippen LogP contribution in [-0.2, 0) is 0 Å². The van der Waals surface area contributed by atoms with Gasteiger partial charge in [0, 0.05) is 0 Å². The van der Waals surface area contributed by atoms with Gasteiger partial charge in [0.05, 0.1) is 18.8 Å². The first kappa shape index (κ1) is 9.19. The maximum absolute atomic E-state index is 9.20. The molecule has 0 aliphatic heterocycles. The molecule has 0 aliphatic carbocycles. The lowest BCUT2D eigenvalue weighted by atomic mass is 10.0. The Labute approximate surface area is 71.5 Å². The molecule has 0 spiro atoms. The monoisotopic (exact) mass is 167 g/mol. The summed E-state index contributed by atoms with van der Waals surface area (Å²) in [4.78, 5) is 0. The van der Waals surface area contributed by atoms with Crippen molar-refractivity contribution in [3.8, 4) is 0 Å². The molecule has 4 N–H and O–H groups in total. The van der Waals surface area contributed by atoms with Crippen molar-refractivity contribution in [2.24, 2.45) is 5.73 Å². The molecule has 0 bridgehead atoms. The molecule has 0 aromatic heterocycles. The van der Waals surface area contributed by atoms with Crippen molar-refractivity contribution >= 4 is 0 Å². The molecule has 0 heterocycles. The highest BCUT2D eigenvalue weighted by molar-refractivity contribution is 5.19. The van der Waals surface area contributed by atoms with Gasteiger partial charge in [0.2, 0.25) is 0 Å². The topological polar surface area (TPSA) is 66.5 Å². The summed E-state index contributed by atoms with van der Waals surface area (Å²) in [5.41, 5.74) is 6.47. The van der Waals surface area contributed by atoms with Gasteiger partial charge in [0.1, 0.15) is 0 Å². The summed E-state index contributed by atoms with van der Waals surface area (Å²) in [6.07, 6.45) is -0.882. The molecule has 0 amide bonds. The minimum Gasteiger partial charge on any atom is -0.394 e. The summed E-state index contributed by atoms with van der Waals surface area (Å²) in [5, 5.41) is 17.8. The Morgan fingerprint density at radius 2 is 1.83 bits per heavy atom. The molecule has 3 heteroatoms. The lowest BCUT2D eigenvalue weighted by Crippen LogP contribution is -2.28. The summed E-state index contributed by atoms with van der Waals surface area (Å²) in [7, 11) is 0. The molecule has 0 fully saturated rings. The predicted molar refractivity (Wildman–Crippen MR) is 46.5 cm³/mol. The van der Waals surface area contributed by atoms with Crippen molar-refractivity contribution in [3.63, 3.8) is 0 Å². The molecule has 1 aromatic rings. The average molecular weight is 167 g/mol. The van der Waals surface area contributed by atoms with Crippen LogP contribution in [0, 0.1) is 0 Å². The van der Waals surface area contributed by atoms with E-state index < -0.39 is 12.1 Å². The number of aliphatic hydroxyl groups excluding tert-OH is 2. The summed E-state index contributed by atoms with van der Waals surface area (Å²) >= 11 is 0. The second-order valence-corrected chi connectivity index (χ2v) is 2.69. The van der Waals surface area contributed by atoms with Crippen molar-refractivity contribution in [2.75, 3.05) is 6.61 Å². The van der Waals surface area contributed by atoms with E-state index in [1.54, 1.807) is 0 Å². The summed E-state index contributed by atoms with van der Waals surface area (Å²) in [6.45, 7) is -0.309. The van der Waals surface area contributed by atoms with Gasteiger partial charge in [-0.1, -0.05) is 30.3 Å². The van der Waals surface area contributed by atoms with E-state index in [4.69, 9.17) is 10.8 Å². The van der Waals surface area contributed by atoms with Gasteiger partial charge in [-0.2, -0.15) is 0 Å². The Hall–Kier alpha value is -0.900. The molecule has 2 atom stereocenters. The van der Waals surface area contributed by atoms with E-state index in [1.807, 2.05) is 30.3 Å². The number of hydrogen-bond donors (Lipinski definition) is 3. The van der Waals surface area contributed by atoms with E-state index in [0.29, 0.717) is 0 Å². The van der Waals surface area contributed by atoms with Crippen molar-refractivity contribution in [1.29, 1.82) is 0 Å². The maximum atomic E-state index is 9.20. The number of aliphatic hydroxyl groups is 2. The molecule has 0 aliphatic rings. The van der Waals surface area contributed by atoms with Crippen LogP contribution in [0.1, 0.15) is 11.6 Å². The zero-order chi connectivity index (χ0) is 8.97. The molecular weight excluding hydrogens is 154 g/mol. The first-order valence-electron chi connectivity index (χ1n) is 3.85. The van der Waals surface area contributed by atoms with Gasteiger partial charge >= 0.3 is 0 Å². The van der Waals surface area contributed by atoms with E-state index in [9.17, 15) is 5.11 Å². The van der Waals surface area contributed by atoms with Crippen molar-refractivity contribution in [2.45, 2.75) is 12.1 Å². The molecule has 3 nitrogen and oxygen atoms in total. The lowest BCUT2D eigenvalue weighted by Gasteiger charge is -2.16. The van der Waals surface area contributed by atoms with Crippen LogP contribution in [0.2, 0.25) is 0 Å². The van der Waals surface area contributed by atoms with Crippen LogP contribution in [0.4, 0.5) is 0 Å². The largest absolute Gasteiger partial charge is 0.394 e. The summed E-state index contributed by atoms with van der Waals surface area (Å²) in [6, 6.07) is 8.71. The molecule has 12 heavy (non-hydrogen) atoms. The highest BCUT2D eigenvalue weighted by Crippen LogP contribution is 2.12. The van der Waals surface area contributed by atoms with Crippen LogP contribution in [0.15, 0.2) is 30.3 Å². The Morgan fingerprint density at radius 3 is 2.33 bits per heavy atom. The minimum absolute atomic E-state index is 0.309. The van der Waals surface area contributed by atoms with Crippen molar-refractivity contribution in [1.82, 2.24) is 0 Å². The van der Waals surface area contributed by atoms with E-state index >= 15 is 0 Å². The van der Waals surface area contributed by atoms with Crippen molar-refractivity contribution in [3.05, 3.63) is 35.9 Å². The Kier molecular flexibility index (Phi) is 3.22. The van der Waals surface area contributed by atoms with E-state index in [1.165, 1.54) is 0 Å². The quantitative estimate of drug-likeness (QED) is 0.595. The number of rotatable bonds is 3. The second kappa shape index (κ2) is 4.21. The van der Waals surface area contributed by atoms with Gasteiger partial charge in [-0.25, -0.2) is 0 Å². The fraction of sp³-hybridized carbons (Fsp3) is 0.333. The third kappa shape index (κ3) is 2.04. The fourth-order valence-electron chi connectivity index (χ4n) is 1.01. The van der Waals surface area contributed by atoms with Crippen LogP contribution in [0.3, 0.4) is 0 Å². The molecule has 0 radical (unpaired) electrons. The highest BCUT2D eigenvalue weighted by atomic mass is 16.3. The van der Waals surface area contributed by atoms with Crippen LogP contribution >= 0.6 is 0 Å².